The average Bonchev–Trinajstić information content (AvgIpc) is 2.88. The summed E-state index contributed by atoms with van der Waals surface area (Å²) in [6.07, 6.45) is 0. The summed E-state index contributed by atoms with van der Waals surface area (Å²) >= 11 is 0. The van der Waals surface area contributed by atoms with Crippen LogP contribution in [0.3, 0.4) is 0 Å². The normalized spacial score (nSPS) is 17.5. The number of methoxy groups -OCH3 is 1. The van der Waals surface area contributed by atoms with E-state index in [0.29, 0.717) is 6.54 Å². The van der Waals surface area contributed by atoms with Gasteiger partial charge in [0.25, 0.3) is 0 Å². The van der Waals surface area contributed by atoms with Gasteiger partial charge in [-0.3, -0.25) is 9.48 Å². The quantitative estimate of drug-likeness (QED) is 0.845. The summed E-state index contributed by atoms with van der Waals surface area (Å²) in [6.45, 7) is 10.9. The van der Waals surface area contributed by atoms with Crippen molar-refractivity contribution >= 4 is 11.6 Å². The topological polar surface area (TPSA) is 50.6 Å². The Morgan fingerprint density at radius 3 is 2.42 bits per heavy atom. The first kappa shape index (κ1) is 18.3. The number of nitrogens with zero attached hydrogens (tertiary/aromatic N) is 4. The molecule has 1 aliphatic heterocycles. The third-order valence-corrected chi connectivity index (χ3v) is 5.41. The van der Waals surface area contributed by atoms with Gasteiger partial charge in [-0.2, -0.15) is 5.10 Å². The van der Waals surface area contributed by atoms with Gasteiger partial charge >= 0.3 is 0 Å². The Hall–Kier alpha value is -2.50. The van der Waals surface area contributed by atoms with E-state index in [9.17, 15) is 4.79 Å². The molecule has 2 heterocycles. The van der Waals surface area contributed by atoms with Gasteiger partial charge in [-0.15, -0.1) is 0 Å². The highest BCUT2D eigenvalue weighted by molar-refractivity contribution is 5.77. The first-order valence-corrected chi connectivity index (χ1v) is 9.09. The van der Waals surface area contributed by atoms with Crippen LogP contribution in [0, 0.1) is 20.8 Å². The minimum Gasteiger partial charge on any atom is -0.497 e. The number of benzene rings is 1. The zero-order valence-electron chi connectivity index (χ0n) is 16.3. The van der Waals surface area contributed by atoms with Crippen LogP contribution >= 0.6 is 0 Å². The summed E-state index contributed by atoms with van der Waals surface area (Å²) in [4.78, 5) is 17.1. The second kappa shape index (κ2) is 7.40. The number of carbonyl (C=O) groups is 1. The molecule has 0 aliphatic carbocycles. The van der Waals surface area contributed by atoms with Crippen LogP contribution in [0.15, 0.2) is 24.3 Å². The second-order valence-corrected chi connectivity index (χ2v) is 7.03. The van der Waals surface area contributed by atoms with E-state index in [-0.39, 0.29) is 11.9 Å². The zero-order chi connectivity index (χ0) is 18.8. The van der Waals surface area contributed by atoms with Gasteiger partial charge in [0.05, 0.1) is 12.8 Å². The Morgan fingerprint density at radius 2 is 1.88 bits per heavy atom. The lowest BCUT2D eigenvalue weighted by Gasteiger charge is -2.41. The van der Waals surface area contributed by atoms with E-state index in [2.05, 4.69) is 36.0 Å². The number of piperazine rings is 1. The highest BCUT2D eigenvalue weighted by Gasteiger charge is 2.28. The molecule has 0 N–H and O–H groups in total. The highest BCUT2D eigenvalue weighted by Crippen LogP contribution is 2.22. The van der Waals surface area contributed by atoms with Gasteiger partial charge in [0, 0.05) is 37.1 Å². The fourth-order valence-electron chi connectivity index (χ4n) is 3.52. The summed E-state index contributed by atoms with van der Waals surface area (Å²) in [6, 6.07) is 8.26. The number of anilines is 1. The molecule has 0 bridgehead atoms. The molecule has 0 saturated carbocycles. The predicted octanol–water partition coefficient (Wildman–Crippen LogP) is 2.55. The molecule has 1 aliphatic rings. The van der Waals surface area contributed by atoms with Crippen LogP contribution in [-0.2, 0) is 11.3 Å². The summed E-state index contributed by atoms with van der Waals surface area (Å²) in [5, 5.41) is 4.50. The average molecular weight is 356 g/mol. The lowest BCUT2D eigenvalue weighted by molar-refractivity contribution is -0.134. The van der Waals surface area contributed by atoms with E-state index < -0.39 is 0 Å². The van der Waals surface area contributed by atoms with Crippen LogP contribution in [0.25, 0.3) is 0 Å². The molecule has 1 atom stereocenters. The van der Waals surface area contributed by atoms with E-state index >= 15 is 0 Å². The number of carbonyl (C=O) groups excluding carboxylic acids is 1. The van der Waals surface area contributed by atoms with Crippen LogP contribution in [0.2, 0.25) is 0 Å². The molecule has 6 heteroatoms. The van der Waals surface area contributed by atoms with Crippen molar-refractivity contribution in [3.05, 3.63) is 41.2 Å². The molecule has 26 heavy (non-hydrogen) atoms. The first-order valence-electron chi connectivity index (χ1n) is 9.09. The van der Waals surface area contributed by atoms with Crippen LogP contribution in [0.1, 0.15) is 23.9 Å². The minimum absolute atomic E-state index is 0.137. The van der Waals surface area contributed by atoms with Gasteiger partial charge < -0.3 is 14.5 Å². The Morgan fingerprint density at radius 1 is 1.19 bits per heavy atom. The number of amides is 1. The molecule has 3 rings (SSSR count). The molecule has 1 aromatic carbocycles. The Balaban J connectivity index is 1.64. The SMILES string of the molecule is COc1ccc(N2CCN(C(=O)Cn3nc(C)c(C)c3C)[C@H](C)C2)cc1. The molecule has 0 radical (unpaired) electrons. The van der Waals surface area contributed by atoms with Crippen LogP contribution in [0.4, 0.5) is 5.69 Å². The Labute approximate surface area is 155 Å². The lowest BCUT2D eigenvalue weighted by atomic mass is 10.1. The molecule has 6 nitrogen and oxygen atoms in total. The van der Waals surface area contributed by atoms with Crippen molar-refractivity contribution in [2.24, 2.45) is 0 Å². The highest BCUT2D eigenvalue weighted by atomic mass is 16.5. The first-order chi connectivity index (χ1) is 12.4. The lowest BCUT2D eigenvalue weighted by Crippen LogP contribution is -2.54. The second-order valence-electron chi connectivity index (χ2n) is 7.03. The van der Waals surface area contributed by atoms with Gasteiger partial charge in [0.1, 0.15) is 12.3 Å². The minimum atomic E-state index is 0.137. The van der Waals surface area contributed by atoms with E-state index in [4.69, 9.17) is 4.74 Å². The monoisotopic (exact) mass is 356 g/mol. The van der Waals surface area contributed by atoms with Gasteiger partial charge in [0.2, 0.25) is 5.91 Å². The van der Waals surface area contributed by atoms with Crippen molar-refractivity contribution in [2.75, 3.05) is 31.6 Å². The van der Waals surface area contributed by atoms with Gasteiger partial charge in [-0.25, -0.2) is 0 Å². The maximum absolute atomic E-state index is 12.8. The van der Waals surface area contributed by atoms with Crippen LogP contribution in [-0.4, -0.2) is 53.4 Å². The van der Waals surface area contributed by atoms with Crippen LogP contribution in [0.5, 0.6) is 5.75 Å². The number of aromatic nitrogens is 2. The van der Waals surface area contributed by atoms with E-state index in [1.54, 1.807) is 7.11 Å². The number of aryl methyl sites for hydroxylation is 1. The number of rotatable bonds is 4. The number of hydrogen-bond acceptors (Lipinski definition) is 4. The maximum atomic E-state index is 12.8. The largest absolute Gasteiger partial charge is 0.497 e. The van der Waals surface area contributed by atoms with Gasteiger partial charge in [0.15, 0.2) is 0 Å². The fourth-order valence-corrected chi connectivity index (χ4v) is 3.52. The number of ether oxygens (including phenoxy) is 1. The summed E-state index contributed by atoms with van der Waals surface area (Å²) in [5.41, 5.74) is 4.39. The zero-order valence-corrected chi connectivity index (χ0v) is 16.3. The molecule has 1 aromatic heterocycles. The molecular weight excluding hydrogens is 328 g/mol. The maximum Gasteiger partial charge on any atom is 0.244 e. The third-order valence-electron chi connectivity index (χ3n) is 5.41. The fraction of sp³-hybridized carbons (Fsp3) is 0.500. The molecule has 1 amide bonds. The summed E-state index contributed by atoms with van der Waals surface area (Å²) in [5.74, 6) is 0.994. The molecule has 140 valence electrons. The van der Waals surface area contributed by atoms with Crippen molar-refractivity contribution in [2.45, 2.75) is 40.3 Å². The molecule has 0 unspecified atom stereocenters. The van der Waals surface area contributed by atoms with Gasteiger partial charge in [-0.05, 0) is 57.5 Å². The number of hydrogen-bond donors (Lipinski definition) is 0. The van der Waals surface area contributed by atoms with Crippen molar-refractivity contribution in [3.63, 3.8) is 0 Å². The van der Waals surface area contributed by atoms with Crippen molar-refractivity contribution in [3.8, 4) is 5.75 Å². The molecule has 0 spiro atoms. The van der Waals surface area contributed by atoms with E-state index in [1.807, 2.05) is 35.6 Å². The molecular formula is C20H28N4O2. The molecule has 1 saturated heterocycles. The Kier molecular flexibility index (Phi) is 5.20. The van der Waals surface area contributed by atoms with Crippen molar-refractivity contribution in [1.82, 2.24) is 14.7 Å². The molecule has 2 aromatic rings. The smallest absolute Gasteiger partial charge is 0.244 e. The predicted molar refractivity (Wildman–Crippen MR) is 103 cm³/mol. The van der Waals surface area contributed by atoms with E-state index in [1.165, 1.54) is 5.69 Å². The van der Waals surface area contributed by atoms with Crippen molar-refractivity contribution in [1.29, 1.82) is 0 Å². The molecule has 1 fully saturated rings. The van der Waals surface area contributed by atoms with Gasteiger partial charge in [-0.1, -0.05) is 0 Å². The standard InChI is InChI=1S/C20H28N4O2/c1-14-12-22(18-6-8-19(26-5)9-7-18)10-11-23(14)20(25)13-24-17(4)15(2)16(3)21-24/h6-9,14H,10-13H2,1-5H3/t14-/m1/s1. The van der Waals surface area contributed by atoms with Crippen LogP contribution < -0.4 is 9.64 Å². The van der Waals surface area contributed by atoms with E-state index in [0.717, 1.165) is 42.3 Å². The summed E-state index contributed by atoms with van der Waals surface area (Å²) < 4.78 is 7.05. The summed E-state index contributed by atoms with van der Waals surface area (Å²) in [7, 11) is 1.67. The van der Waals surface area contributed by atoms with Crippen molar-refractivity contribution < 1.29 is 9.53 Å². The Bertz CT molecular complexity index is 782. The third kappa shape index (κ3) is 3.54.